The Morgan fingerprint density at radius 2 is 2.06 bits per heavy atom. The van der Waals surface area contributed by atoms with Crippen molar-refractivity contribution in [3.05, 3.63) is 57.4 Å². The Kier molecular flexibility index (Phi) is 8.39. The molecule has 14 heteroatoms. The minimum absolute atomic E-state index is 0.0253. The van der Waals surface area contributed by atoms with Crippen LogP contribution >= 0.6 is 8.17 Å². The molecular weight excluding hydrogens is 488 g/mol. The standard InChI is InChI=1S/C21H25FN3O9P/c1-4-31-18(28)12(2)24-35(30)34-14-8-6-5-7-13(14)32-11-15-17(27)21(3,22)19(33-15)25-10-9-16(26)23-20(25)29/h5-10,12,15,17,19,27H,4,11H2,1-3H3,(H,23,26,29)/t12?,15-,17-,19?,21-/m1/s1. The number of halogens is 1. The molecule has 1 aromatic carbocycles. The first kappa shape index (κ1) is 26.5. The lowest BCUT2D eigenvalue weighted by Crippen LogP contribution is -2.43. The van der Waals surface area contributed by atoms with Crippen LogP contribution in [0.5, 0.6) is 11.5 Å². The molecule has 0 bridgehead atoms. The Balaban J connectivity index is 1.72. The van der Waals surface area contributed by atoms with Gasteiger partial charge in [-0.15, -0.1) is 0 Å². The summed E-state index contributed by atoms with van der Waals surface area (Å²) in [5.74, 6) is -0.532. The predicted molar refractivity (Wildman–Crippen MR) is 119 cm³/mol. The maximum absolute atomic E-state index is 15.3. The highest BCUT2D eigenvalue weighted by Crippen LogP contribution is 2.41. The first-order valence-electron chi connectivity index (χ1n) is 10.6. The molecule has 0 saturated carbocycles. The van der Waals surface area contributed by atoms with Gasteiger partial charge in [-0.3, -0.25) is 18.9 Å². The zero-order valence-corrected chi connectivity index (χ0v) is 20.0. The van der Waals surface area contributed by atoms with Crippen LogP contribution in [0.4, 0.5) is 4.39 Å². The largest absolute Gasteiger partial charge is 0.575 e. The van der Waals surface area contributed by atoms with Crippen molar-refractivity contribution in [2.45, 2.75) is 50.9 Å². The fourth-order valence-electron chi connectivity index (χ4n) is 3.34. The van der Waals surface area contributed by atoms with Crippen LogP contribution in [0.25, 0.3) is 0 Å². The molecule has 0 aliphatic carbocycles. The number of rotatable bonds is 9. The number of esters is 1. The smallest absolute Gasteiger partial charge is 0.395 e. The third-order valence-electron chi connectivity index (χ3n) is 5.14. The van der Waals surface area contributed by atoms with Gasteiger partial charge in [0, 0.05) is 12.3 Å². The van der Waals surface area contributed by atoms with Gasteiger partial charge in [-0.05, 0) is 32.9 Å². The highest BCUT2D eigenvalue weighted by atomic mass is 31.1. The van der Waals surface area contributed by atoms with Crippen LogP contribution in [0.1, 0.15) is 27.0 Å². The molecule has 190 valence electrons. The summed E-state index contributed by atoms with van der Waals surface area (Å²) in [6.45, 7) is 3.90. The van der Waals surface area contributed by atoms with Gasteiger partial charge in [-0.25, -0.2) is 14.0 Å². The van der Waals surface area contributed by atoms with Gasteiger partial charge in [0.15, 0.2) is 23.7 Å². The molecule has 3 rings (SSSR count). The van der Waals surface area contributed by atoms with Gasteiger partial charge in [0.25, 0.3) is 5.56 Å². The van der Waals surface area contributed by atoms with Gasteiger partial charge in [-0.1, -0.05) is 16.9 Å². The number of carbonyl (C=O) groups excluding carboxylic acids is 1. The number of alkyl halides is 1. The summed E-state index contributed by atoms with van der Waals surface area (Å²) in [5.41, 5.74) is -3.95. The van der Waals surface area contributed by atoms with Crippen LogP contribution in [0, 0.1) is 0 Å². The Hall–Kier alpha value is -3.12. The van der Waals surface area contributed by atoms with Gasteiger partial charge >= 0.3 is 19.8 Å². The summed E-state index contributed by atoms with van der Waals surface area (Å²) in [6, 6.07) is 6.12. The van der Waals surface area contributed by atoms with Crippen molar-refractivity contribution in [3.63, 3.8) is 0 Å². The zero-order valence-electron chi connectivity index (χ0n) is 19.1. The van der Waals surface area contributed by atoms with Crippen molar-refractivity contribution in [1.29, 1.82) is 0 Å². The molecule has 1 aromatic heterocycles. The minimum atomic E-state index is -2.66. The highest BCUT2D eigenvalue weighted by molar-refractivity contribution is 7.34. The molecule has 0 amide bonds. The lowest BCUT2D eigenvalue weighted by Gasteiger charge is -2.24. The number of para-hydroxylation sites is 2. The van der Waals surface area contributed by atoms with Crippen LogP contribution in [-0.2, 0) is 14.3 Å². The lowest BCUT2D eigenvalue weighted by atomic mass is 9.98. The van der Waals surface area contributed by atoms with Crippen molar-refractivity contribution >= 4 is 14.1 Å². The van der Waals surface area contributed by atoms with E-state index in [1.54, 1.807) is 19.1 Å². The highest BCUT2D eigenvalue weighted by Gasteiger charge is 2.55. The van der Waals surface area contributed by atoms with Crippen LogP contribution < -0.4 is 25.4 Å². The van der Waals surface area contributed by atoms with Crippen molar-refractivity contribution in [1.82, 2.24) is 9.55 Å². The molecule has 0 radical (unpaired) electrons. The van der Waals surface area contributed by atoms with E-state index in [0.717, 1.165) is 23.8 Å². The number of aliphatic hydroxyl groups is 1. The fourth-order valence-corrected chi connectivity index (χ4v) is 4.08. The van der Waals surface area contributed by atoms with Gasteiger partial charge in [-0.2, -0.15) is 0 Å². The van der Waals surface area contributed by atoms with Crippen LogP contribution in [0.15, 0.2) is 50.9 Å². The first-order chi connectivity index (χ1) is 16.5. The number of nitrogens with zero attached hydrogens (tertiary/aromatic N) is 2. The second kappa shape index (κ2) is 11.1. The molecule has 1 aliphatic rings. The van der Waals surface area contributed by atoms with Crippen LogP contribution in [0.2, 0.25) is 0 Å². The van der Waals surface area contributed by atoms with E-state index in [2.05, 4.69) is 4.74 Å². The molecule has 12 nitrogen and oxygen atoms in total. The topological polar surface area (TPSA) is 164 Å². The number of carbonyl (C=O) groups is 1. The van der Waals surface area contributed by atoms with E-state index in [-0.39, 0.29) is 24.7 Å². The molecule has 2 heterocycles. The Morgan fingerprint density at radius 3 is 2.71 bits per heavy atom. The van der Waals surface area contributed by atoms with Crippen LogP contribution in [-0.4, -0.2) is 57.8 Å². The Morgan fingerprint density at radius 1 is 1.37 bits per heavy atom. The maximum atomic E-state index is 15.3. The molecule has 3 unspecified atom stereocenters. The predicted octanol–water partition coefficient (Wildman–Crippen LogP) is 0.788. The summed E-state index contributed by atoms with van der Waals surface area (Å²) in [5, 5.41) is 10.5. The van der Waals surface area contributed by atoms with Gasteiger partial charge in [0.05, 0.1) is 6.61 Å². The van der Waals surface area contributed by atoms with Crippen molar-refractivity contribution in [3.8, 4) is 11.5 Å². The first-order valence-corrected chi connectivity index (χ1v) is 11.8. The summed E-state index contributed by atoms with van der Waals surface area (Å²) < 4.78 is 41.2. The number of hydrogen-bond acceptors (Lipinski definition) is 10. The van der Waals surface area contributed by atoms with Crippen molar-refractivity contribution < 1.29 is 37.9 Å². The molecule has 35 heavy (non-hydrogen) atoms. The third-order valence-corrected chi connectivity index (χ3v) is 6.03. The zero-order chi connectivity index (χ0) is 25.8. The number of ether oxygens (including phenoxy) is 3. The fraction of sp³-hybridized carbons (Fsp3) is 0.476. The SMILES string of the molecule is CCOC(=O)C(C)N=[P+]([O-])Oc1ccccc1OC[C@H]1OC(n2ccc(=O)[nH]c2=O)[C@](C)(F)[C@@H]1O. The molecular formula is C21H25FN3O9P. The summed E-state index contributed by atoms with van der Waals surface area (Å²) >= 11 is 0. The van der Waals surface area contributed by atoms with E-state index in [4.69, 9.17) is 18.7 Å². The molecule has 2 N–H and O–H groups in total. The molecule has 2 aromatic rings. The number of benzene rings is 1. The minimum Gasteiger partial charge on any atom is -0.575 e. The quantitative estimate of drug-likeness (QED) is 0.364. The second-order valence-corrected chi connectivity index (χ2v) is 8.66. The monoisotopic (exact) mass is 513 g/mol. The summed E-state index contributed by atoms with van der Waals surface area (Å²) in [6.07, 6.45) is -3.35. The number of aromatic amines is 1. The van der Waals surface area contributed by atoms with E-state index in [1.807, 2.05) is 4.98 Å². The van der Waals surface area contributed by atoms with E-state index in [9.17, 15) is 24.4 Å². The van der Waals surface area contributed by atoms with Crippen molar-refractivity contribution in [2.24, 2.45) is 4.74 Å². The molecule has 0 spiro atoms. The summed E-state index contributed by atoms with van der Waals surface area (Å²) in [4.78, 5) is 49.3. The number of aromatic nitrogens is 2. The average molecular weight is 513 g/mol. The van der Waals surface area contributed by atoms with Crippen LogP contribution in [0.3, 0.4) is 0 Å². The van der Waals surface area contributed by atoms with Gasteiger partial charge < -0.3 is 24.2 Å². The Bertz CT molecular complexity index is 1200. The molecule has 1 fully saturated rings. The van der Waals surface area contributed by atoms with E-state index >= 15 is 4.39 Å². The summed E-state index contributed by atoms with van der Waals surface area (Å²) in [7, 11) is -2.66. The molecule has 1 aliphatic heterocycles. The Labute approximate surface area is 199 Å². The lowest BCUT2D eigenvalue weighted by molar-refractivity contribution is -0.169. The van der Waals surface area contributed by atoms with Gasteiger partial charge in [0.2, 0.25) is 5.75 Å². The average Bonchev–Trinajstić information content (AvgIpc) is 3.02. The van der Waals surface area contributed by atoms with E-state index in [0.29, 0.717) is 0 Å². The molecule has 1 saturated heterocycles. The van der Waals surface area contributed by atoms with E-state index in [1.165, 1.54) is 19.1 Å². The molecule has 6 atom stereocenters. The number of hydrogen-bond donors (Lipinski definition) is 2. The normalized spacial score (nSPS) is 25.2. The van der Waals surface area contributed by atoms with Gasteiger partial charge in [0.1, 0.15) is 18.8 Å². The number of aliphatic hydroxyl groups excluding tert-OH is 1. The third kappa shape index (κ3) is 6.12. The van der Waals surface area contributed by atoms with Crippen molar-refractivity contribution in [2.75, 3.05) is 13.2 Å². The number of H-pyrrole nitrogens is 1. The second-order valence-electron chi connectivity index (χ2n) is 7.77. The van der Waals surface area contributed by atoms with E-state index < -0.39 is 55.5 Å². The number of nitrogens with one attached hydrogen (secondary N) is 1. The maximum Gasteiger partial charge on any atom is 0.395 e.